The maximum atomic E-state index is 10.8. The van der Waals surface area contributed by atoms with Crippen LogP contribution in [0.2, 0.25) is 0 Å². The van der Waals surface area contributed by atoms with Gasteiger partial charge in [-0.2, -0.15) is 0 Å². The van der Waals surface area contributed by atoms with Gasteiger partial charge in [0.15, 0.2) is 0 Å². The van der Waals surface area contributed by atoms with Gasteiger partial charge in [-0.05, 0) is 18.9 Å². The highest BCUT2D eigenvalue weighted by atomic mass is 16.5. The first-order valence-corrected chi connectivity index (χ1v) is 7.17. The topological polar surface area (TPSA) is 47.9 Å². The van der Waals surface area contributed by atoms with E-state index in [0.29, 0.717) is 19.0 Å². The molecular weight excluding hydrogens is 256 g/mol. The molecule has 20 heavy (non-hydrogen) atoms. The first-order chi connectivity index (χ1) is 9.73. The molecule has 1 aromatic carbocycles. The molecule has 0 spiro atoms. The van der Waals surface area contributed by atoms with Crippen LogP contribution in [0.25, 0.3) is 0 Å². The van der Waals surface area contributed by atoms with Crippen LogP contribution < -0.4 is 4.74 Å². The van der Waals surface area contributed by atoms with Crippen LogP contribution in [0.4, 0.5) is 0 Å². The van der Waals surface area contributed by atoms with Crippen LogP contribution in [0.3, 0.4) is 0 Å². The summed E-state index contributed by atoms with van der Waals surface area (Å²) in [6.07, 6.45) is 3.30. The molecule has 0 saturated heterocycles. The van der Waals surface area contributed by atoms with E-state index >= 15 is 0 Å². The zero-order chi connectivity index (χ0) is 14.4. The van der Waals surface area contributed by atoms with E-state index in [1.807, 2.05) is 24.3 Å². The van der Waals surface area contributed by atoms with Crippen LogP contribution in [0.1, 0.15) is 37.4 Å². The molecule has 1 N–H and O–H groups in total. The van der Waals surface area contributed by atoms with Crippen LogP contribution in [-0.2, 0) is 9.47 Å². The Hall–Kier alpha value is -1.10. The highest BCUT2D eigenvalue weighted by Crippen LogP contribution is 2.44. The van der Waals surface area contributed by atoms with Crippen LogP contribution in [0, 0.1) is 0 Å². The van der Waals surface area contributed by atoms with Gasteiger partial charge in [-0.3, -0.25) is 0 Å². The summed E-state index contributed by atoms with van der Waals surface area (Å²) < 4.78 is 16.4. The van der Waals surface area contributed by atoms with Gasteiger partial charge in [-0.1, -0.05) is 31.0 Å². The van der Waals surface area contributed by atoms with Crippen molar-refractivity contribution in [3.05, 3.63) is 29.8 Å². The second-order valence-corrected chi connectivity index (χ2v) is 5.26. The van der Waals surface area contributed by atoms with E-state index in [1.165, 1.54) is 0 Å². The molecule has 1 saturated carbocycles. The van der Waals surface area contributed by atoms with Crippen molar-refractivity contribution >= 4 is 0 Å². The molecule has 0 amide bonds. The van der Waals surface area contributed by atoms with Crippen LogP contribution >= 0.6 is 0 Å². The second-order valence-electron chi connectivity index (χ2n) is 5.26. The Morgan fingerprint density at radius 3 is 2.50 bits per heavy atom. The Morgan fingerprint density at radius 1 is 1.15 bits per heavy atom. The molecule has 112 valence electrons. The Labute approximate surface area is 120 Å². The van der Waals surface area contributed by atoms with Crippen LogP contribution in [0.15, 0.2) is 24.3 Å². The molecule has 1 aliphatic rings. The summed E-state index contributed by atoms with van der Waals surface area (Å²) in [5, 5.41) is 10.8. The number of ether oxygens (including phenoxy) is 3. The molecule has 1 aliphatic carbocycles. The zero-order valence-corrected chi connectivity index (χ0v) is 12.3. The lowest BCUT2D eigenvalue weighted by Gasteiger charge is -2.33. The van der Waals surface area contributed by atoms with Crippen LogP contribution in [-0.4, -0.2) is 38.1 Å². The van der Waals surface area contributed by atoms with Crippen molar-refractivity contribution in [2.75, 3.05) is 27.4 Å². The maximum Gasteiger partial charge on any atom is 0.125 e. The molecule has 0 heterocycles. The number of aliphatic hydroxyl groups excluding tert-OH is 1. The molecule has 1 aromatic rings. The van der Waals surface area contributed by atoms with Gasteiger partial charge in [0.05, 0.1) is 12.2 Å². The predicted molar refractivity (Wildman–Crippen MR) is 77.0 cm³/mol. The van der Waals surface area contributed by atoms with E-state index in [0.717, 1.165) is 31.2 Å². The minimum absolute atomic E-state index is 0.472. The molecule has 0 aromatic heterocycles. The highest BCUT2D eigenvalue weighted by molar-refractivity contribution is 5.36. The van der Waals surface area contributed by atoms with Gasteiger partial charge in [0.2, 0.25) is 0 Å². The number of hydrogen-bond donors (Lipinski definition) is 1. The molecule has 0 aliphatic heterocycles. The second kappa shape index (κ2) is 7.07. The van der Waals surface area contributed by atoms with E-state index < -0.39 is 11.7 Å². The van der Waals surface area contributed by atoms with Crippen molar-refractivity contribution in [2.45, 2.75) is 37.4 Å². The Bertz CT molecular complexity index is 413. The molecule has 4 nitrogen and oxygen atoms in total. The van der Waals surface area contributed by atoms with Crippen molar-refractivity contribution in [3.8, 4) is 5.75 Å². The molecule has 0 radical (unpaired) electrons. The number of para-hydroxylation sites is 1. The summed E-state index contributed by atoms with van der Waals surface area (Å²) in [5.41, 5.74) is 0.327. The molecule has 1 fully saturated rings. The summed E-state index contributed by atoms with van der Waals surface area (Å²) >= 11 is 0. The Kier molecular flexibility index (Phi) is 5.40. The lowest BCUT2D eigenvalue weighted by Crippen LogP contribution is -2.35. The first kappa shape index (κ1) is 15.3. The average molecular weight is 280 g/mol. The fraction of sp³-hybridized carbons (Fsp3) is 0.625. The van der Waals surface area contributed by atoms with E-state index in [2.05, 4.69) is 0 Å². The lowest BCUT2D eigenvalue weighted by atomic mass is 9.89. The zero-order valence-electron chi connectivity index (χ0n) is 12.3. The average Bonchev–Trinajstić information content (AvgIpc) is 2.97. The fourth-order valence-electron chi connectivity index (χ4n) is 2.92. The van der Waals surface area contributed by atoms with Crippen molar-refractivity contribution in [1.29, 1.82) is 0 Å². The summed E-state index contributed by atoms with van der Waals surface area (Å²) in [5.74, 6) is 0.709. The normalized spacial score (nSPS) is 18.9. The van der Waals surface area contributed by atoms with E-state index in [1.54, 1.807) is 14.2 Å². The minimum Gasteiger partial charge on any atom is -0.491 e. The largest absolute Gasteiger partial charge is 0.491 e. The number of methoxy groups -OCH3 is 2. The smallest absolute Gasteiger partial charge is 0.125 e. The third-order valence-electron chi connectivity index (χ3n) is 4.11. The monoisotopic (exact) mass is 280 g/mol. The Morgan fingerprint density at radius 2 is 1.85 bits per heavy atom. The third-order valence-corrected chi connectivity index (χ3v) is 4.11. The van der Waals surface area contributed by atoms with Crippen molar-refractivity contribution in [2.24, 2.45) is 0 Å². The molecule has 4 heteroatoms. The van der Waals surface area contributed by atoms with Gasteiger partial charge in [0.25, 0.3) is 0 Å². The number of rotatable bonds is 7. The molecular formula is C16H24O4. The fourth-order valence-corrected chi connectivity index (χ4v) is 2.92. The summed E-state index contributed by atoms with van der Waals surface area (Å²) in [6.45, 7) is 1.00. The first-order valence-electron chi connectivity index (χ1n) is 7.17. The van der Waals surface area contributed by atoms with Gasteiger partial charge in [0.1, 0.15) is 18.5 Å². The molecule has 0 bridgehead atoms. The molecule has 2 rings (SSSR count). The number of hydrogen-bond acceptors (Lipinski definition) is 4. The SMILES string of the molecule is COCCOc1ccccc1C(O)C1(OC)CCCC1. The summed E-state index contributed by atoms with van der Waals surface area (Å²) in [6, 6.07) is 7.62. The standard InChI is InChI=1S/C16H24O4/c1-18-11-12-20-14-8-4-3-7-13(14)15(17)16(19-2)9-5-6-10-16/h3-4,7-8,15,17H,5-6,9-12H2,1-2H3. The van der Waals surface area contributed by atoms with Crippen molar-refractivity contribution < 1.29 is 19.3 Å². The van der Waals surface area contributed by atoms with Gasteiger partial charge >= 0.3 is 0 Å². The highest BCUT2D eigenvalue weighted by Gasteiger charge is 2.42. The summed E-state index contributed by atoms with van der Waals surface area (Å²) in [4.78, 5) is 0. The van der Waals surface area contributed by atoms with E-state index in [-0.39, 0.29) is 0 Å². The third kappa shape index (κ3) is 3.14. The Balaban J connectivity index is 2.18. The quantitative estimate of drug-likeness (QED) is 0.780. The maximum absolute atomic E-state index is 10.8. The van der Waals surface area contributed by atoms with Crippen molar-refractivity contribution in [3.63, 3.8) is 0 Å². The molecule has 1 unspecified atom stereocenters. The number of aliphatic hydroxyl groups is 1. The van der Waals surface area contributed by atoms with Gasteiger partial charge in [-0.25, -0.2) is 0 Å². The van der Waals surface area contributed by atoms with E-state index in [4.69, 9.17) is 14.2 Å². The minimum atomic E-state index is -0.659. The van der Waals surface area contributed by atoms with Gasteiger partial charge in [0, 0.05) is 19.8 Å². The van der Waals surface area contributed by atoms with Gasteiger partial charge < -0.3 is 19.3 Å². The lowest BCUT2D eigenvalue weighted by molar-refractivity contribution is -0.101. The number of benzene rings is 1. The van der Waals surface area contributed by atoms with E-state index in [9.17, 15) is 5.11 Å². The predicted octanol–water partition coefficient (Wildman–Crippen LogP) is 2.70. The van der Waals surface area contributed by atoms with Crippen LogP contribution in [0.5, 0.6) is 5.75 Å². The van der Waals surface area contributed by atoms with Gasteiger partial charge in [-0.15, -0.1) is 0 Å². The van der Waals surface area contributed by atoms with Crippen molar-refractivity contribution in [1.82, 2.24) is 0 Å². The molecule has 1 atom stereocenters. The summed E-state index contributed by atoms with van der Waals surface area (Å²) in [7, 11) is 3.32.